The fourth-order valence-electron chi connectivity index (χ4n) is 1.38. The van der Waals surface area contributed by atoms with Gasteiger partial charge in [0.25, 0.3) is 0 Å². The van der Waals surface area contributed by atoms with Crippen LogP contribution >= 0.6 is 45.2 Å². The quantitative estimate of drug-likeness (QED) is 0.552. The molecule has 0 unspecified atom stereocenters. The smallest absolute Gasteiger partial charge is 0.107 e. The van der Waals surface area contributed by atoms with Crippen molar-refractivity contribution in [2.75, 3.05) is 8.86 Å². The van der Waals surface area contributed by atoms with Gasteiger partial charge >= 0.3 is 0 Å². The van der Waals surface area contributed by atoms with E-state index in [1.54, 1.807) is 13.8 Å². The molecule has 0 aliphatic carbocycles. The minimum absolute atomic E-state index is 0.662. The van der Waals surface area contributed by atoms with Crippen LogP contribution in [0.2, 0.25) is 0 Å². The molecule has 0 fully saturated rings. The zero-order valence-corrected chi connectivity index (χ0v) is 13.7. The van der Waals surface area contributed by atoms with E-state index in [1.807, 2.05) is 24.3 Å². The van der Waals surface area contributed by atoms with Gasteiger partial charge in [-0.3, -0.25) is 0 Å². The van der Waals surface area contributed by atoms with E-state index in [-0.39, 0.29) is 0 Å². The second-order valence-corrected chi connectivity index (χ2v) is 5.96. The molecule has 0 aliphatic rings. The van der Waals surface area contributed by atoms with Crippen molar-refractivity contribution in [3.63, 3.8) is 0 Å². The molecular weight excluding hydrogens is 430 g/mol. The lowest BCUT2D eigenvalue weighted by atomic mass is 9.92. The fraction of sp³-hybridized carbons (Fsp3) is 0.500. The molecule has 16 heavy (non-hydrogen) atoms. The Labute approximate surface area is 124 Å². The summed E-state index contributed by atoms with van der Waals surface area (Å²) in [7, 11) is 0. The molecule has 0 radical (unpaired) electrons. The Morgan fingerprint density at radius 1 is 0.938 bits per heavy atom. The molecule has 0 saturated heterocycles. The van der Waals surface area contributed by atoms with E-state index >= 15 is 0 Å². The van der Waals surface area contributed by atoms with Crippen LogP contribution in [0.15, 0.2) is 24.3 Å². The van der Waals surface area contributed by atoms with Crippen molar-refractivity contribution >= 4 is 45.2 Å². The summed E-state index contributed by atoms with van der Waals surface area (Å²) in [4.78, 5) is 0. The number of alkyl halides is 2. The summed E-state index contributed by atoms with van der Waals surface area (Å²) < 4.78 is 1.32. The summed E-state index contributed by atoms with van der Waals surface area (Å²) in [6, 6.07) is 7.53. The molecule has 1 rings (SSSR count). The molecule has 2 nitrogen and oxygen atoms in total. The van der Waals surface area contributed by atoms with E-state index in [2.05, 4.69) is 45.2 Å². The van der Waals surface area contributed by atoms with Gasteiger partial charge in [-0.2, -0.15) is 0 Å². The van der Waals surface area contributed by atoms with Gasteiger partial charge < -0.3 is 10.2 Å². The van der Waals surface area contributed by atoms with Crippen LogP contribution in [-0.2, 0) is 11.2 Å². The van der Waals surface area contributed by atoms with Crippen LogP contribution in [0.5, 0.6) is 0 Å². The van der Waals surface area contributed by atoms with E-state index in [1.165, 1.54) is 0 Å². The van der Waals surface area contributed by atoms with Crippen molar-refractivity contribution in [1.29, 1.82) is 0 Å². The molecule has 0 bridgehead atoms. The number of hydrogen-bond acceptors (Lipinski definition) is 2. The van der Waals surface area contributed by atoms with Gasteiger partial charge in [-0.1, -0.05) is 69.4 Å². The standard InChI is InChI=1S/C12H16I2O2/c1-11(2,15)9-3-5-10(6-4-9)12(16,7-13)8-14/h3-6,15-16H,7-8H2,1-2H3. The molecule has 0 aromatic heterocycles. The van der Waals surface area contributed by atoms with E-state index < -0.39 is 11.2 Å². The summed E-state index contributed by atoms with van der Waals surface area (Å²) in [6.45, 7) is 3.51. The highest BCUT2D eigenvalue weighted by Crippen LogP contribution is 2.28. The first-order valence-corrected chi connectivity index (χ1v) is 8.06. The normalized spacial score (nSPS) is 12.9. The van der Waals surface area contributed by atoms with Gasteiger partial charge in [0.2, 0.25) is 0 Å². The molecule has 0 saturated carbocycles. The van der Waals surface area contributed by atoms with Gasteiger partial charge in [0.15, 0.2) is 0 Å². The number of benzene rings is 1. The van der Waals surface area contributed by atoms with Crippen molar-refractivity contribution in [2.24, 2.45) is 0 Å². The highest BCUT2D eigenvalue weighted by molar-refractivity contribution is 14.1. The minimum atomic E-state index is -0.828. The third-order valence-corrected chi connectivity index (χ3v) is 5.09. The van der Waals surface area contributed by atoms with Crippen molar-refractivity contribution in [3.05, 3.63) is 35.4 Å². The number of halogens is 2. The van der Waals surface area contributed by atoms with Crippen LogP contribution in [0.3, 0.4) is 0 Å². The summed E-state index contributed by atoms with van der Waals surface area (Å²) in [6.07, 6.45) is 0. The first kappa shape index (κ1) is 14.7. The van der Waals surface area contributed by atoms with Gasteiger partial charge in [-0.15, -0.1) is 0 Å². The highest BCUT2D eigenvalue weighted by Gasteiger charge is 2.27. The molecule has 2 N–H and O–H groups in total. The fourth-order valence-corrected chi connectivity index (χ4v) is 3.83. The molecule has 0 heterocycles. The first-order chi connectivity index (χ1) is 7.33. The van der Waals surface area contributed by atoms with Crippen molar-refractivity contribution < 1.29 is 10.2 Å². The van der Waals surface area contributed by atoms with Gasteiger partial charge in [-0.25, -0.2) is 0 Å². The van der Waals surface area contributed by atoms with E-state index in [0.717, 1.165) is 11.1 Å². The minimum Gasteiger partial charge on any atom is -0.386 e. The Kier molecular flexibility index (Phi) is 5.03. The van der Waals surface area contributed by atoms with Crippen LogP contribution in [0.1, 0.15) is 25.0 Å². The monoisotopic (exact) mass is 446 g/mol. The van der Waals surface area contributed by atoms with Crippen LogP contribution in [0.25, 0.3) is 0 Å². The van der Waals surface area contributed by atoms with Gasteiger partial charge in [0, 0.05) is 8.86 Å². The van der Waals surface area contributed by atoms with Gasteiger partial charge in [0.05, 0.1) is 5.60 Å². The zero-order chi connectivity index (χ0) is 12.4. The van der Waals surface area contributed by atoms with Crippen molar-refractivity contribution in [2.45, 2.75) is 25.0 Å². The Morgan fingerprint density at radius 3 is 1.62 bits per heavy atom. The average Bonchev–Trinajstić information content (AvgIpc) is 2.27. The van der Waals surface area contributed by atoms with Crippen LogP contribution in [0.4, 0.5) is 0 Å². The van der Waals surface area contributed by atoms with E-state index in [9.17, 15) is 10.2 Å². The molecule has 0 spiro atoms. The zero-order valence-electron chi connectivity index (χ0n) is 9.37. The lowest BCUT2D eigenvalue weighted by Crippen LogP contribution is -2.29. The SMILES string of the molecule is CC(C)(O)c1ccc(C(O)(CI)CI)cc1. The Balaban J connectivity index is 3.04. The molecule has 0 atom stereocenters. The van der Waals surface area contributed by atoms with Crippen LogP contribution < -0.4 is 0 Å². The number of rotatable bonds is 4. The molecule has 0 amide bonds. The predicted octanol–water partition coefficient (Wildman–Crippen LogP) is 2.97. The van der Waals surface area contributed by atoms with E-state index in [4.69, 9.17) is 0 Å². The molecular formula is C12H16I2O2. The second kappa shape index (κ2) is 5.49. The topological polar surface area (TPSA) is 40.5 Å². The molecule has 0 aliphatic heterocycles. The van der Waals surface area contributed by atoms with Crippen LogP contribution in [-0.4, -0.2) is 19.1 Å². The number of aliphatic hydroxyl groups is 2. The maximum absolute atomic E-state index is 10.3. The summed E-state index contributed by atoms with van der Waals surface area (Å²) in [5, 5.41) is 20.1. The first-order valence-electron chi connectivity index (χ1n) is 5.01. The molecule has 1 aromatic rings. The van der Waals surface area contributed by atoms with Crippen molar-refractivity contribution in [3.8, 4) is 0 Å². The maximum atomic E-state index is 10.3. The molecule has 4 heteroatoms. The van der Waals surface area contributed by atoms with Crippen LogP contribution in [0, 0.1) is 0 Å². The van der Waals surface area contributed by atoms with E-state index in [0.29, 0.717) is 8.86 Å². The summed E-state index contributed by atoms with van der Waals surface area (Å²) in [5.41, 5.74) is 0.176. The predicted molar refractivity (Wildman–Crippen MR) is 83.4 cm³/mol. The average molecular weight is 446 g/mol. The van der Waals surface area contributed by atoms with Gasteiger partial charge in [-0.05, 0) is 25.0 Å². The Hall–Kier alpha value is 0.600. The molecule has 1 aromatic carbocycles. The lowest BCUT2D eigenvalue weighted by molar-refractivity contribution is 0.0776. The van der Waals surface area contributed by atoms with Gasteiger partial charge in [0.1, 0.15) is 5.60 Å². The summed E-state index contributed by atoms with van der Waals surface area (Å²) in [5.74, 6) is 0. The highest BCUT2D eigenvalue weighted by atomic mass is 127. The Bertz CT molecular complexity index is 337. The summed E-state index contributed by atoms with van der Waals surface area (Å²) >= 11 is 4.38. The maximum Gasteiger partial charge on any atom is 0.107 e. The second-order valence-electron chi connectivity index (χ2n) is 4.44. The largest absolute Gasteiger partial charge is 0.386 e. The number of hydrogen-bond donors (Lipinski definition) is 2. The third-order valence-electron chi connectivity index (χ3n) is 2.57. The van der Waals surface area contributed by atoms with Crippen molar-refractivity contribution in [1.82, 2.24) is 0 Å². The molecule has 90 valence electrons. The lowest BCUT2D eigenvalue weighted by Gasteiger charge is -2.25. The third kappa shape index (κ3) is 3.30. The Morgan fingerprint density at radius 2 is 1.31 bits per heavy atom.